The van der Waals surface area contributed by atoms with Crippen molar-refractivity contribution in [2.24, 2.45) is 0 Å². The second kappa shape index (κ2) is 8.89. The van der Waals surface area contributed by atoms with E-state index in [0.717, 1.165) is 0 Å². The molecule has 10 heteroatoms. The van der Waals surface area contributed by atoms with E-state index in [1.807, 2.05) is 0 Å². The first-order chi connectivity index (χ1) is 14.1. The van der Waals surface area contributed by atoms with Crippen LogP contribution in [0, 0.1) is 5.82 Å². The topological polar surface area (TPSA) is 38.8 Å². The molecule has 1 saturated heterocycles. The minimum Gasteiger partial charge on any atom is -0.493 e. The summed E-state index contributed by atoms with van der Waals surface area (Å²) in [6, 6.07) is 7.44. The second-order valence-corrected chi connectivity index (χ2v) is 7.48. The average molecular weight is 466 g/mol. The minimum absolute atomic E-state index is 0.0123. The lowest BCUT2D eigenvalue weighted by molar-refractivity contribution is -0.274. The molecule has 4 nitrogen and oxygen atoms in total. The molecule has 3 rings (SSSR count). The van der Waals surface area contributed by atoms with Crippen LogP contribution in [-0.4, -0.2) is 29.2 Å². The number of carbonyl (C=O) groups excluding carboxylic acids is 1. The van der Waals surface area contributed by atoms with Crippen LogP contribution >= 0.6 is 23.2 Å². The Labute approximate surface area is 180 Å². The third-order valence-corrected chi connectivity index (χ3v) is 5.27. The highest BCUT2D eigenvalue weighted by atomic mass is 35.5. The van der Waals surface area contributed by atoms with E-state index in [1.165, 1.54) is 35.2 Å². The molecule has 1 fully saturated rings. The third kappa shape index (κ3) is 4.75. The van der Waals surface area contributed by atoms with Crippen LogP contribution in [0.25, 0.3) is 0 Å². The second-order valence-electron chi connectivity index (χ2n) is 6.55. The molecular formula is C20H17Cl2F4NO3. The van der Waals surface area contributed by atoms with Gasteiger partial charge in [-0.2, -0.15) is 0 Å². The van der Waals surface area contributed by atoms with Crippen LogP contribution in [0.15, 0.2) is 36.4 Å². The molecule has 2 aromatic carbocycles. The molecule has 0 bridgehead atoms. The highest BCUT2D eigenvalue weighted by molar-refractivity contribution is 6.32. The Hall–Kier alpha value is -2.19. The molecule has 0 N–H and O–H groups in total. The SMILES string of the molecule is CCOc1cccc(F)c1C1CC(Cl)C(=O)N1Cc1cccc(Cl)c1OC(F)(F)F. The van der Waals surface area contributed by atoms with E-state index in [4.69, 9.17) is 27.9 Å². The Morgan fingerprint density at radius 2 is 1.90 bits per heavy atom. The van der Waals surface area contributed by atoms with Crippen molar-refractivity contribution in [3.63, 3.8) is 0 Å². The van der Waals surface area contributed by atoms with Crippen molar-refractivity contribution in [2.45, 2.75) is 37.7 Å². The number of likely N-dealkylation sites (tertiary alicyclic amines) is 1. The van der Waals surface area contributed by atoms with Crippen LogP contribution < -0.4 is 9.47 Å². The van der Waals surface area contributed by atoms with E-state index in [9.17, 15) is 22.4 Å². The summed E-state index contributed by atoms with van der Waals surface area (Å²) in [5.74, 6) is -1.52. The molecule has 162 valence electrons. The molecule has 1 heterocycles. The van der Waals surface area contributed by atoms with Crippen LogP contribution in [0.1, 0.15) is 30.5 Å². The smallest absolute Gasteiger partial charge is 0.493 e. The molecule has 0 saturated carbocycles. The lowest BCUT2D eigenvalue weighted by Crippen LogP contribution is -2.30. The number of nitrogens with zero attached hydrogens (tertiary/aromatic N) is 1. The fourth-order valence-corrected chi connectivity index (χ4v) is 3.96. The molecule has 2 atom stereocenters. The molecule has 2 unspecified atom stereocenters. The highest BCUT2D eigenvalue weighted by Gasteiger charge is 2.42. The maximum Gasteiger partial charge on any atom is 0.573 e. The number of rotatable bonds is 6. The molecule has 30 heavy (non-hydrogen) atoms. The van der Waals surface area contributed by atoms with Gasteiger partial charge in [-0.3, -0.25) is 4.79 Å². The van der Waals surface area contributed by atoms with Crippen molar-refractivity contribution in [2.75, 3.05) is 6.61 Å². The molecule has 0 spiro atoms. The summed E-state index contributed by atoms with van der Waals surface area (Å²) in [4.78, 5) is 13.9. The van der Waals surface area contributed by atoms with Gasteiger partial charge < -0.3 is 14.4 Å². The van der Waals surface area contributed by atoms with E-state index < -0.39 is 35.3 Å². The normalized spacial score (nSPS) is 19.3. The molecule has 0 aliphatic carbocycles. The molecule has 1 aliphatic heterocycles. The number of para-hydroxylation sites is 1. The monoisotopic (exact) mass is 465 g/mol. The first kappa shape index (κ1) is 22.5. The zero-order valence-electron chi connectivity index (χ0n) is 15.7. The lowest BCUT2D eigenvalue weighted by atomic mass is 10.0. The third-order valence-electron chi connectivity index (χ3n) is 4.61. The average Bonchev–Trinajstić information content (AvgIpc) is 2.92. The van der Waals surface area contributed by atoms with Gasteiger partial charge in [0.1, 0.15) is 16.9 Å². The Bertz CT molecular complexity index is 939. The van der Waals surface area contributed by atoms with E-state index in [-0.39, 0.29) is 41.5 Å². The van der Waals surface area contributed by atoms with Gasteiger partial charge in [0.05, 0.1) is 29.8 Å². The first-order valence-electron chi connectivity index (χ1n) is 9.01. The zero-order chi connectivity index (χ0) is 22.1. The van der Waals surface area contributed by atoms with Crippen molar-refractivity contribution in [1.29, 1.82) is 0 Å². The van der Waals surface area contributed by atoms with Gasteiger partial charge in [-0.05, 0) is 31.5 Å². The Kier molecular flexibility index (Phi) is 6.67. The predicted octanol–water partition coefficient (Wildman–Crippen LogP) is 5.86. The standard InChI is InChI=1S/C20H17Cl2F4NO3/c1-2-29-16-8-4-7-14(23)17(16)15-9-13(22)19(28)27(15)10-11-5-3-6-12(21)18(11)30-20(24,25)26/h3-8,13,15H,2,9-10H2,1H3. The van der Waals surface area contributed by atoms with E-state index >= 15 is 0 Å². The maximum absolute atomic E-state index is 14.7. The van der Waals surface area contributed by atoms with Crippen molar-refractivity contribution in [3.8, 4) is 11.5 Å². The summed E-state index contributed by atoms with van der Waals surface area (Å²) in [6.45, 7) is 1.68. The summed E-state index contributed by atoms with van der Waals surface area (Å²) in [5.41, 5.74) is 0.134. The van der Waals surface area contributed by atoms with Crippen LogP contribution in [0.5, 0.6) is 11.5 Å². The number of ether oxygens (including phenoxy) is 2. The molecular weight excluding hydrogens is 449 g/mol. The van der Waals surface area contributed by atoms with Gasteiger partial charge in [0.25, 0.3) is 0 Å². The van der Waals surface area contributed by atoms with E-state index in [2.05, 4.69) is 4.74 Å². The number of halogens is 6. The van der Waals surface area contributed by atoms with Crippen molar-refractivity contribution in [3.05, 3.63) is 58.4 Å². The predicted molar refractivity (Wildman–Crippen MR) is 103 cm³/mol. The highest BCUT2D eigenvalue weighted by Crippen LogP contribution is 2.43. The number of carbonyl (C=O) groups is 1. The van der Waals surface area contributed by atoms with Gasteiger partial charge in [0.15, 0.2) is 5.75 Å². The fraction of sp³-hybridized carbons (Fsp3) is 0.350. The Morgan fingerprint density at radius 3 is 2.57 bits per heavy atom. The summed E-state index contributed by atoms with van der Waals surface area (Å²) in [6.07, 6.45) is -4.91. The Morgan fingerprint density at radius 1 is 1.20 bits per heavy atom. The minimum atomic E-state index is -4.98. The number of hydrogen-bond acceptors (Lipinski definition) is 3. The summed E-state index contributed by atoms with van der Waals surface area (Å²) < 4.78 is 62.8. The number of amides is 1. The lowest BCUT2D eigenvalue weighted by Gasteiger charge is -2.28. The van der Waals surface area contributed by atoms with Crippen LogP contribution in [-0.2, 0) is 11.3 Å². The largest absolute Gasteiger partial charge is 0.573 e. The van der Waals surface area contributed by atoms with Gasteiger partial charge in [0.2, 0.25) is 5.91 Å². The van der Waals surface area contributed by atoms with Crippen molar-refractivity contribution in [1.82, 2.24) is 4.90 Å². The fourth-order valence-electron chi connectivity index (χ4n) is 3.43. The number of hydrogen-bond donors (Lipinski definition) is 0. The first-order valence-corrected chi connectivity index (χ1v) is 9.82. The maximum atomic E-state index is 14.7. The molecule has 0 aromatic heterocycles. The Balaban J connectivity index is 2.02. The summed E-state index contributed by atoms with van der Waals surface area (Å²) in [7, 11) is 0. The van der Waals surface area contributed by atoms with Crippen LogP contribution in [0.3, 0.4) is 0 Å². The number of alkyl halides is 4. The van der Waals surface area contributed by atoms with Crippen molar-refractivity contribution >= 4 is 29.1 Å². The molecule has 0 radical (unpaired) electrons. The van der Waals surface area contributed by atoms with Crippen LogP contribution in [0.4, 0.5) is 17.6 Å². The van der Waals surface area contributed by atoms with E-state index in [1.54, 1.807) is 13.0 Å². The van der Waals surface area contributed by atoms with Gasteiger partial charge in [-0.15, -0.1) is 24.8 Å². The molecule has 1 aliphatic rings. The van der Waals surface area contributed by atoms with Gasteiger partial charge in [0, 0.05) is 5.56 Å². The summed E-state index contributed by atoms with van der Waals surface area (Å²) in [5, 5.41) is -1.23. The number of benzene rings is 2. The van der Waals surface area contributed by atoms with Crippen molar-refractivity contribution < 1.29 is 31.8 Å². The van der Waals surface area contributed by atoms with Gasteiger partial charge in [-0.1, -0.05) is 29.8 Å². The van der Waals surface area contributed by atoms with Gasteiger partial charge >= 0.3 is 6.36 Å². The summed E-state index contributed by atoms with van der Waals surface area (Å²) >= 11 is 12.0. The van der Waals surface area contributed by atoms with Gasteiger partial charge in [-0.25, -0.2) is 4.39 Å². The zero-order valence-corrected chi connectivity index (χ0v) is 17.2. The quantitative estimate of drug-likeness (QED) is 0.396. The van der Waals surface area contributed by atoms with Crippen LogP contribution in [0.2, 0.25) is 5.02 Å². The molecule has 1 amide bonds. The van der Waals surface area contributed by atoms with E-state index in [0.29, 0.717) is 0 Å². The molecule has 2 aromatic rings.